The Hall–Kier alpha value is -1.42. The van der Waals surface area contributed by atoms with Crippen molar-refractivity contribution in [1.29, 1.82) is 0 Å². The molecule has 1 rings (SSSR count). The monoisotopic (exact) mass is 250 g/mol. The molecule has 100 valence electrons. The SMILES string of the molecule is Cc1ccnc(C(C)NCCC(C)(C)C(=O)O)c1. The lowest BCUT2D eigenvalue weighted by Crippen LogP contribution is -2.30. The Morgan fingerprint density at radius 3 is 2.78 bits per heavy atom. The van der Waals surface area contributed by atoms with Crippen LogP contribution in [0.3, 0.4) is 0 Å². The molecule has 4 nitrogen and oxygen atoms in total. The number of nitrogens with zero attached hydrogens (tertiary/aromatic N) is 1. The number of pyridine rings is 1. The van der Waals surface area contributed by atoms with Gasteiger partial charge in [-0.05, 0) is 58.4 Å². The number of rotatable bonds is 6. The van der Waals surface area contributed by atoms with E-state index in [0.717, 1.165) is 5.69 Å². The van der Waals surface area contributed by atoms with Crippen molar-refractivity contribution >= 4 is 5.97 Å². The summed E-state index contributed by atoms with van der Waals surface area (Å²) in [6.45, 7) is 8.22. The molecular formula is C14H22N2O2. The summed E-state index contributed by atoms with van der Waals surface area (Å²) in [6.07, 6.45) is 2.39. The van der Waals surface area contributed by atoms with Gasteiger partial charge in [-0.25, -0.2) is 0 Å². The molecule has 1 atom stereocenters. The maximum atomic E-state index is 11.0. The van der Waals surface area contributed by atoms with E-state index in [1.807, 2.05) is 26.0 Å². The van der Waals surface area contributed by atoms with E-state index < -0.39 is 11.4 Å². The zero-order chi connectivity index (χ0) is 13.8. The summed E-state index contributed by atoms with van der Waals surface area (Å²) in [5.74, 6) is -0.759. The van der Waals surface area contributed by atoms with Crippen molar-refractivity contribution in [3.63, 3.8) is 0 Å². The Labute approximate surface area is 108 Å². The molecule has 4 heteroatoms. The van der Waals surface area contributed by atoms with Gasteiger partial charge in [-0.1, -0.05) is 0 Å². The molecule has 0 aliphatic rings. The zero-order valence-corrected chi connectivity index (χ0v) is 11.5. The first-order chi connectivity index (χ1) is 8.33. The molecule has 0 bridgehead atoms. The number of carbonyl (C=O) groups is 1. The molecule has 0 radical (unpaired) electrons. The van der Waals surface area contributed by atoms with Crippen molar-refractivity contribution < 1.29 is 9.90 Å². The van der Waals surface area contributed by atoms with Crippen LogP contribution < -0.4 is 5.32 Å². The van der Waals surface area contributed by atoms with E-state index in [1.165, 1.54) is 5.56 Å². The fourth-order valence-electron chi connectivity index (χ4n) is 1.61. The van der Waals surface area contributed by atoms with E-state index in [1.54, 1.807) is 20.0 Å². The molecule has 0 aliphatic carbocycles. The molecule has 0 aromatic carbocycles. The van der Waals surface area contributed by atoms with Crippen molar-refractivity contribution in [2.45, 2.75) is 40.2 Å². The lowest BCUT2D eigenvalue weighted by molar-refractivity contribution is -0.147. The largest absolute Gasteiger partial charge is 0.481 e. The minimum Gasteiger partial charge on any atom is -0.481 e. The second-order valence-electron chi connectivity index (χ2n) is 5.37. The summed E-state index contributed by atoms with van der Waals surface area (Å²) in [4.78, 5) is 15.3. The van der Waals surface area contributed by atoms with Crippen LogP contribution >= 0.6 is 0 Å². The second kappa shape index (κ2) is 5.96. The predicted molar refractivity (Wildman–Crippen MR) is 71.4 cm³/mol. The van der Waals surface area contributed by atoms with Gasteiger partial charge in [0.15, 0.2) is 0 Å². The number of hydrogen-bond acceptors (Lipinski definition) is 3. The third-order valence-corrected chi connectivity index (χ3v) is 3.16. The van der Waals surface area contributed by atoms with E-state index in [4.69, 9.17) is 5.11 Å². The van der Waals surface area contributed by atoms with E-state index in [9.17, 15) is 4.79 Å². The molecule has 1 aromatic heterocycles. The minimum atomic E-state index is -0.759. The number of aryl methyl sites for hydroxylation is 1. The minimum absolute atomic E-state index is 0.134. The molecule has 0 spiro atoms. The molecule has 1 heterocycles. The number of carboxylic acid groups (broad SMARTS) is 1. The number of aromatic nitrogens is 1. The lowest BCUT2D eigenvalue weighted by Gasteiger charge is -2.21. The summed E-state index contributed by atoms with van der Waals surface area (Å²) in [5.41, 5.74) is 1.48. The van der Waals surface area contributed by atoms with Crippen molar-refractivity contribution in [1.82, 2.24) is 10.3 Å². The highest BCUT2D eigenvalue weighted by atomic mass is 16.4. The zero-order valence-electron chi connectivity index (χ0n) is 11.5. The average Bonchev–Trinajstić information content (AvgIpc) is 2.28. The van der Waals surface area contributed by atoms with E-state index in [0.29, 0.717) is 13.0 Å². The highest BCUT2D eigenvalue weighted by Crippen LogP contribution is 2.20. The van der Waals surface area contributed by atoms with Crippen molar-refractivity contribution in [2.24, 2.45) is 5.41 Å². The Morgan fingerprint density at radius 1 is 1.56 bits per heavy atom. The molecule has 0 aliphatic heterocycles. The fraction of sp³-hybridized carbons (Fsp3) is 0.571. The van der Waals surface area contributed by atoms with Crippen LogP contribution in [0.4, 0.5) is 0 Å². The van der Waals surface area contributed by atoms with E-state index in [2.05, 4.69) is 10.3 Å². The van der Waals surface area contributed by atoms with Gasteiger partial charge in [-0.15, -0.1) is 0 Å². The van der Waals surface area contributed by atoms with E-state index in [-0.39, 0.29) is 6.04 Å². The van der Waals surface area contributed by atoms with Crippen LogP contribution in [0.1, 0.15) is 44.5 Å². The molecule has 0 saturated heterocycles. The summed E-state index contributed by atoms with van der Waals surface area (Å²) >= 11 is 0. The Bertz CT molecular complexity index is 416. The highest BCUT2D eigenvalue weighted by Gasteiger charge is 2.26. The maximum absolute atomic E-state index is 11.0. The third kappa shape index (κ3) is 4.11. The summed E-state index contributed by atoms with van der Waals surface area (Å²) in [6, 6.07) is 4.14. The van der Waals surface area contributed by atoms with E-state index >= 15 is 0 Å². The van der Waals surface area contributed by atoms with Crippen LogP contribution in [0.15, 0.2) is 18.3 Å². The smallest absolute Gasteiger partial charge is 0.309 e. The molecule has 0 saturated carbocycles. The summed E-state index contributed by atoms with van der Waals surface area (Å²) in [5, 5.41) is 12.3. The van der Waals surface area contributed by atoms with Gasteiger partial charge in [0.05, 0.1) is 11.1 Å². The van der Waals surface area contributed by atoms with Crippen molar-refractivity contribution in [2.75, 3.05) is 6.54 Å². The number of hydrogen-bond donors (Lipinski definition) is 2. The normalized spacial score (nSPS) is 13.3. The molecule has 0 amide bonds. The number of carboxylic acids is 1. The van der Waals surface area contributed by atoms with Gasteiger partial charge in [-0.2, -0.15) is 0 Å². The van der Waals surface area contributed by atoms with Crippen LogP contribution in [-0.2, 0) is 4.79 Å². The van der Waals surface area contributed by atoms with Crippen LogP contribution in [0.2, 0.25) is 0 Å². The predicted octanol–water partition coefficient (Wildman–Crippen LogP) is 2.54. The summed E-state index contributed by atoms with van der Waals surface area (Å²) in [7, 11) is 0. The second-order valence-corrected chi connectivity index (χ2v) is 5.37. The topological polar surface area (TPSA) is 62.2 Å². The molecule has 0 fully saturated rings. The van der Waals surface area contributed by atoms with Gasteiger partial charge in [0.25, 0.3) is 0 Å². The first kappa shape index (κ1) is 14.6. The number of nitrogens with one attached hydrogen (secondary N) is 1. The van der Waals surface area contributed by atoms with Gasteiger partial charge < -0.3 is 10.4 Å². The molecule has 2 N–H and O–H groups in total. The van der Waals surface area contributed by atoms with Gasteiger partial charge >= 0.3 is 5.97 Å². The molecular weight excluding hydrogens is 228 g/mol. The Morgan fingerprint density at radius 2 is 2.22 bits per heavy atom. The van der Waals surface area contributed by atoms with Crippen molar-refractivity contribution in [3.05, 3.63) is 29.6 Å². The standard InChI is InChI=1S/C14H22N2O2/c1-10-5-7-16-12(9-10)11(2)15-8-6-14(3,4)13(17)18/h5,7,9,11,15H,6,8H2,1-4H3,(H,17,18). The average molecular weight is 250 g/mol. The van der Waals surface area contributed by atoms with Gasteiger partial charge in [-0.3, -0.25) is 9.78 Å². The van der Waals surface area contributed by atoms with Gasteiger partial charge in [0.2, 0.25) is 0 Å². The quantitative estimate of drug-likeness (QED) is 0.814. The van der Waals surface area contributed by atoms with Crippen LogP contribution in [0.5, 0.6) is 0 Å². The van der Waals surface area contributed by atoms with Gasteiger partial charge in [0.1, 0.15) is 0 Å². The Kier molecular flexibility index (Phi) is 4.84. The third-order valence-electron chi connectivity index (χ3n) is 3.16. The van der Waals surface area contributed by atoms with Crippen LogP contribution in [0.25, 0.3) is 0 Å². The molecule has 18 heavy (non-hydrogen) atoms. The first-order valence-corrected chi connectivity index (χ1v) is 6.22. The molecule has 1 aromatic rings. The van der Waals surface area contributed by atoms with Crippen LogP contribution in [0, 0.1) is 12.3 Å². The van der Waals surface area contributed by atoms with Gasteiger partial charge in [0, 0.05) is 12.2 Å². The van der Waals surface area contributed by atoms with Crippen molar-refractivity contribution in [3.8, 4) is 0 Å². The summed E-state index contributed by atoms with van der Waals surface area (Å²) < 4.78 is 0. The molecule has 1 unspecified atom stereocenters. The lowest BCUT2D eigenvalue weighted by atomic mass is 9.89. The first-order valence-electron chi connectivity index (χ1n) is 6.22. The number of aliphatic carboxylic acids is 1. The maximum Gasteiger partial charge on any atom is 0.309 e. The fourth-order valence-corrected chi connectivity index (χ4v) is 1.61. The van der Waals surface area contributed by atoms with Crippen LogP contribution in [-0.4, -0.2) is 22.6 Å². The Balaban J connectivity index is 2.47. The highest BCUT2D eigenvalue weighted by molar-refractivity contribution is 5.73.